The Hall–Kier alpha value is -1.84. The van der Waals surface area contributed by atoms with Gasteiger partial charge in [0.05, 0.1) is 23.8 Å². The Labute approximate surface area is 142 Å². The maximum atomic E-state index is 12.7. The van der Waals surface area contributed by atoms with Gasteiger partial charge in [-0.25, -0.2) is 0 Å². The highest BCUT2D eigenvalue weighted by Gasteiger charge is 2.63. The van der Waals surface area contributed by atoms with Crippen molar-refractivity contribution >= 4 is 11.8 Å². The first-order valence-corrected chi connectivity index (χ1v) is 8.88. The van der Waals surface area contributed by atoms with E-state index in [0.29, 0.717) is 24.5 Å². The van der Waals surface area contributed by atoms with Gasteiger partial charge in [-0.1, -0.05) is 18.6 Å². The van der Waals surface area contributed by atoms with Crippen LogP contribution in [0.2, 0.25) is 0 Å². The first-order valence-electron chi connectivity index (χ1n) is 8.88. The quantitative estimate of drug-likeness (QED) is 0.475. The molecule has 3 fully saturated rings. The van der Waals surface area contributed by atoms with E-state index < -0.39 is 5.41 Å². The van der Waals surface area contributed by atoms with Gasteiger partial charge in [-0.15, -0.1) is 0 Å². The van der Waals surface area contributed by atoms with Crippen LogP contribution in [0.3, 0.4) is 0 Å². The van der Waals surface area contributed by atoms with E-state index in [-0.39, 0.29) is 23.1 Å². The van der Waals surface area contributed by atoms with E-state index in [2.05, 4.69) is 13.5 Å². The fourth-order valence-corrected chi connectivity index (χ4v) is 5.66. The van der Waals surface area contributed by atoms with Crippen LogP contribution < -0.4 is 0 Å². The maximum absolute atomic E-state index is 12.7. The van der Waals surface area contributed by atoms with Crippen molar-refractivity contribution in [3.63, 3.8) is 0 Å². The van der Waals surface area contributed by atoms with Crippen molar-refractivity contribution in [2.75, 3.05) is 6.61 Å². The van der Waals surface area contributed by atoms with Crippen molar-refractivity contribution in [2.45, 2.75) is 45.4 Å². The van der Waals surface area contributed by atoms with Gasteiger partial charge in [0.15, 0.2) is 5.78 Å². The minimum Gasteiger partial charge on any atom is -0.472 e. The summed E-state index contributed by atoms with van der Waals surface area (Å²) in [6, 6.07) is 1.72. The number of rotatable bonds is 3. The summed E-state index contributed by atoms with van der Waals surface area (Å²) in [5, 5.41) is 0. The molecule has 0 radical (unpaired) electrons. The number of furan rings is 1. The smallest absolute Gasteiger partial charge is 0.312 e. The van der Waals surface area contributed by atoms with Gasteiger partial charge in [-0.05, 0) is 50.5 Å². The lowest BCUT2D eigenvalue weighted by molar-refractivity contribution is -0.206. The highest BCUT2D eigenvalue weighted by molar-refractivity contribution is 5.96. The third-order valence-corrected chi connectivity index (χ3v) is 6.91. The molecule has 4 rings (SSSR count). The average Bonchev–Trinajstić information content (AvgIpc) is 3.09. The molecule has 1 aromatic rings. The Morgan fingerprint density at radius 1 is 1.42 bits per heavy atom. The van der Waals surface area contributed by atoms with Crippen LogP contribution in [0.5, 0.6) is 0 Å². The molecule has 2 heterocycles. The lowest BCUT2D eigenvalue weighted by Crippen LogP contribution is -2.61. The van der Waals surface area contributed by atoms with Gasteiger partial charge in [-0.2, -0.15) is 0 Å². The molecule has 1 aromatic heterocycles. The molecule has 0 aromatic carbocycles. The SMILES string of the molecule is C=C1CC[C@@H]2[C@@]3(CCC[C@]2(C)C(=O)OC3)[C@H]1CC(=O)c1ccoc1. The van der Waals surface area contributed by atoms with Crippen LogP contribution in [0.1, 0.15) is 55.8 Å². The molecule has 4 heteroatoms. The van der Waals surface area contributed by atoms with E-state index in [1.54, 1.807) is 6.07 Å². The second-order valence-corrected chi connectivity index (χ2v) is 8.02. The van der Waals surface area contributed by atoms with E-state index in [0.717, 1.165) is 37.7 Å². The number of allylic oxidation sites excluding steroid dienone is 1. The molecule has 4 nitrogen and oxygen atoms in total. The summed E-state index contributed by atoms with van der Waals surface area (Å²) in [6.45, 7) is 6.79. The normalized spacial score (nSPS) is 38.4. The number of Topliss-reactive ketones (excluding diaryl/α,β-unsaturated/α-hetero) is 1. The summed E-state index contributed by atoms with van der Waals surface area (Å²) in [5.74, 6) is 0.434. The van der Waals surface area contributed by atoms with Crippen LogP contribution >= 0.6 is 0 Å². The summed E-state index contributed by atoms with van der Waals surface area (Å²) < 4.78 is 10.7. The van der Waals surface area contributed by atoms with E-state index in [1.807, 2.05) is 0 Å². The van der Waals surface area contributed by atoms with Gasteiger partial charge < -0.3 is 9.15 Å². The third kappa shape index (κ3) is 2.04. The fourth-order valence-electron chi connectivity index (χ4n) is 5.66. The summed E-state index contributed by atoms with van der Waals surface area (Å²) >= 11 is 0. The number of cyclic esters (lactones) is 1. The molecule has 2 bridgehead atoms. The third-order valence-electron chi connectivity index (χ3n) is 6.91. The van der Waals surface area contributed by atoms with Crippen LogP contribution in [0, 0.1) is 22.7 Å². The second-order valence-electron chi connectivity index (χ2n) is 8.02. The molecular formula is C20H24O4. The van der Waals surface area contributed by atoms with Gasteiger partial charge in [-0.3, -0.25) is 9.59 Å². The molecule has 0 amide bonds. The molecule has 3 aliphatic rings. The predicted octanol–water partition coefficient (Wildman–Crippen LogP) is 4.17. The van der Waals surface area contributed by atoms with E-state index in [4.69, 9.17) is 9.15 Å². The Balaban J connectivity index is 1.69. The lowest BCUT2D eigenvalue weighted by Gasteiger charge is -2.61. The van der Waals surface area contributed by atoms with E-state index >= 15 is 0 Å². The molecule has 128 valence electrons. The number of ether oxygens (including phenoxy) is 1. The average molecular weight is 328 g/mol. The molecule has 2 aliphatic carbocycles. The predicted molar refractivity (Wildman–Crippen MR) is 88.4 cm³/mol. The van der Waals surface area contributed by atoms with Crippen molar-refractivity contribution in [2.24, 2.45) is 22.7 Å². The van der Waals surface area contributed by atoms with E-state index in [9.17, 15) is 9.59 Å². The second kappa shape index (κ2) is 5.33. The van der Waals surface area contributed by atoms with Crippen LogP contribution in [0.4, 0.5) is 0 Å². The molecule has 0 unspecified atom stereocenters. The van der Waals surface area contributed by atoms with Gasteiger partial charge in [0.2, 0.25) is 0 Å². The largest absolute Gasteiger partial charge is 0.472 e. The van der Waals surface area contributed by atoms with Crippen LogP contribution in [-0.2, 0) is 9.53 Å². The molecular weight excluding hydrogens is 304 g/mol. The number of esters is 1. The molecule has 1 aliphatic heterocycles. The number of hydrogen-bond donors (Lipinski definition) is 0. The minimum atomic E-state index is -0.395. The number of ketones is 1. The van der Waals surface area contributed by atoms with Crippen molar-refractivity contribution in [1.29, 1.82) is 0 Å². The Morgan fingerprint density at radius 2 is 2.25 bits per heavy atom. The number of carbonyl (C=O) groups excluding carboxylic acids is 2. The Kier molecular flexibility index (Phi) is 3.48. The number of hydrogen-bond acceptors (Lipinski definition) is 4. The van der Waals surface area contributed by atoms with Crippen molar-refractivity contribution in [1.82, 2.24) is 0 Å². The molecule has 2 saturated carbocycles. The zero-order chi connectivity index (χ0) is 16.9. The zero-order valence-corrected chi connectivity index (χ0v) is 14.2. The summed E-state index contributed by atoms with van der Waals surface area (Å²) in [6.07, 6.45) is 8.29. The first-order chi connectivity index (χ1) is 11.5. The first kappa shape index (κ1) is 15.7. The maximum Gasteiger partial charge on any atom is 0.312 e. The Morgan fingerprint density at radius 3 is 3.00 bits per heavy atom. The van der Waals surface area contributed by atoms with Crippen molar-refractivity contribution in [3.05, 3.63) is 36.3 Å². The Bertz CT molecular complexity index is 689. The lowest BCUT2D eigenvalue weighted by atomic mass is 9.45. The summed E-state index contributed by atoms with van der Waals surface area (Å²) in [7, 11) is 0. The highest BCUT2D eigenvalue weighted by atomic mass is 16.5. The monoisotopic (exact) mass is 328 g/mol. The molecule has 0 N–H and O–H groups in total. The summed E-state index contributed by atoms with van der Waals surface area (Å²) in [4.78, 5) is 25.1. The van der Waals surface area contributed by atoms with Gasteiger partial charge in [0, 0.05) is 11.8 Å². The van der Waals surface area contributed by atoms with Gasteiger partial charge >= 0.3 is 5.97 Å². The number of carbonyl (C=O) groups is 2. The zero-order valence-electron chi connectivity index (χ0n) is 14.2. The van der Waals surface area contributed by atoms with Crippen molar-refractivity contribution < 1.29 is 18.7 Å². The molecule has 0 spiro atoms. The van der Waals surface area contributed by atoms with Crippen molar-refractivity contribution in [3.8, 4) is 0 Å². The topological polar surface area (TPSA) is 56.5 Å². The van der Waals surface area contributed by atoms with Crippen LogP contribution in [0.15, 0.2) is 35.2 Å². The summed E-state index contributed by atoms with van der Waals surface area (Å²) in [5.41, 5.74) is 1.25. The van der Waals surface area contributed by atoms with Gasteiger partial charge in [0.25, 0.3) is 0 Å². The van der Waals surface area contributed by atoms with Gasteiger partial charge in [0.1, 0.15) is 6.26 Å². The fraction of sp³-hybridized carbons (Fsp3) is 0.600. The van der Waals surface area contributed by atoms with Crippen LogP contribution in [-0.4, -0.2) is 18.4 Å². The standard InChI is InChI=1S/C20H24O4/c1-13-4-5-17-19(2)7-3-8-20(17,12-24-18(19)22)15(13)10-16(21)14-6-9-23-11-14/h6,9,11,15,17H,1,3-5,7-8,10,12H2,2H3/t15-,17-,19-,20+/m0/s1. The molecule has 4 atom stereocenters. The van der Waals surface area contributed by atoms with E-state index in [1.165, 1.54) is 12.5 Å². The van der Waals surface area contributed by atoms with Crippen LogP contribution in [0.25, 0.3) is 0 Å². The highest BCUT2D eigenvalue weighted by Crippen LogP contribution is 2.64. The minimum absolute atomic E-state index is 0.0461. The molecule has 1 saturated heterocycles. The molecule has 24 heavy (non-hydrogen) atoms.